The zero-order valence-corrected chi connectivity index (χ0v) is 19.4. The van der Waals surface area contributed by atoms with Crippen molar-refractivity contribution in [2.24, 2.45) is 0 Å². The maximum atomic E-state index is 14.0. The third-order valence-electron chi connectivity index (χ3n) is 7.13. The number of benzene rings is 2. The summed E-state index contributed by atoms with van der Waals surface area (Å²) in [5, 5.41) is 3.32. The summed E-state index contributed by atoms with van der Waals surface area (Å²) in [5.74, 6) is -0.0512. The molecule has 4 heterocycles. The van der Waals surface area contributed by atoms with Gasteiger partial charge in [-0.05, 0) is 49.5 Å². The van der Waals surface area contributed by atoms with Crippen LogP contribution >= 0.6 is 0 Å². The molecule has 188 valence electrons. The van der Waals surface area contributed by atoms with E-state index < -0.39 is 29.2 Å². The van der Waals surface area contributed by atoms with Crippen LogP contribution in [0.3, 0.4) is 0 Å². The van der Waals surface area contributed by atoms with Crippen molar-refractivity contribution in [3.8, 4) is 17.2 Å². The minimum absolute atomic E-state index is 0.0470. The Labute approximate surface area is 206 Å². The van der Waals surface area contributed by atoms with Gasteiger partial charge in [0.15, 0.2) is 11.4 Å². The van der Waals surface area contributed by atoms with Crippen LogP contribution in [-0.4, -0.2) is 42.8 Å². The zero-order valence-electron chi connectivity index (χ0n) is 19.4. The molecule has 1 spiro atoms. The number of ether oxygens (including phenoxy) is 3. The molecule has 3 aromatic rings. The Morgan fingerprint density at radius 3 is 2.67 bits per heavy atom. The van der Waals surface area contributed by atoms with Gasteiger partial charge in [-0.25, -0.2) is 0 Å². The van der Waals surface area contributed by atoms with E-state index in [4.69, 9.17) is 14.2 Å². The summed E-state index contributed by atoms with van der Waals surface area (Å²) in [5.41, 5.74) is 0.0732. The minimum atomic E-state index is -4.68. The highest BCUT2D eigenvalue weighted by atomic mass is 19.4. The Morgan fingerprint density at radius 2 is 1.92 bits per heavy atom. The van der Waals surface area contributed by atoms with Gasteiger partial charge in [0.25, 0.3) is 0 Å². The molecule has 3 aliphatic heterocycles. The fourth-order valence-electron chi connectivity index (χ4n) is 5.39. The second kappa shape index (κ2) is 8.67. The third-order valence-corrected chi connectivity index (χ3v) is 7.13. The SMILES string of the molecule is O=C(c1ccc(O[C@@H]2CCOC2)c(C(F)(F)F)c1)c1ccn2c1C1(CCNCC1)Oc1ccccc1-2. The van der Waals surface area contributed by atoms with Crippen molar-refractivity contribution in [1.82, 2.24) is 9.88 Å². The van der Waals surface area contributed by atoms with Crippen LogP contribution in [0.5, 0.6) is 11.5 Å². The first-order valence-corrected chi connectivity index (χ1v) is 12.1. The summed E-state index contributed by atoms with van der Waals surface area (Å²) in [6, 6.07) is 12.8. The number of para-hydroxylation sites is 2. The van der Waals surface area contributed by atoms with Gasteiger partial charge in [0.2, 0.25) is 0 Å². The van der Waals surface area contributed by atoms with Gasteiger partial charge < -0.3 is 24.1 Å². The highest BCUT2D eigenvalue weighted by Gasteiger charge is 2.45. The molecule has 3 aliphatic rings. The van der Waals surface area contributed by atoms with Gasteiger partial charge in [0.05, 0.1) is 30.2 Å². The molecule has 0 unspecified atom stereocenters. The van der Waals surface area contributed by atoms with E-state index in [2.05, 4.69) is 5.32 Å². The topological polar surface area (TPSA) is 61.7 Å². The lowest BCUT2D eigenvalue weighted by molar-refractivity contribution is -0.139. The van der Waals surface area contributed by atoms with Gasteiger partial charge in [-0.2, -0.15) is 13.2 Å². The molecule has 0 radical (unpaired) electrons. The molecule has 6 nitrogen and oxygen atoms in total. The molecule has 0 saturated carbocycles. The van der Waals surface area contributed by atoms with Crippen molar-refractivity contribution in [3.05, 3.63) is 77.1 Å². The normalized spacial score (nSPS) is 20.5. The first kappa shape index (κ1) is 23.1. The summed E-state index contributed by atoms with van der Waals surface area (Å²) < 4.78 is 61.2. The number of nitrogens with zero attached hydrogens (tertiary/aromatic N) is 1. The minimum Gasteiger partial charge on any atom is -0.487 e. The monoisotopic (exact) mass is 498 g/mol. The molecule has 36 heavy (non-hydrogen) atoms. The number of fused-ring (bicyclic) bond motifs is 4. The van der Waals surface area contributed by atoms with Gasteiger partial charge in [-0.15, -0.1) is 0 Å². The van der Waals surface area contributed by atoms with Crippen molar-refractivity contribution >= 4 is 5.78 Å². The standard InChI is InChI=1S/C27H25F3N2O4/c28-27(29,30)20-15-17(5-6-22(20)35-18-8-14-34-16-18)24(33)19-7-13-32-21-3-1-2-4-23(21)36-26(25(19)32)9-11-31-12-10-26/h1-7,13,15,18,31H,8-12,14,16H2/t18-/m1/s1. The Bertz CT molecular complexity index is 1300. The van der Waals surface area contributed by atoms with E-state index in [0.717, 1.165) is 17.5 Å². The summed E-state index contributed by atoms with van der Waals surface area (Å²) in [7, 11) is 0. The molecule has 2 aromatic carbocycles. The summed E-state index contributed by atoms with van der Waals surface area (Å²) in [6.07, 6.45) is -1.53. The number of halogens is 3. The van der Waals surface area contributed by atoms with Crippen LogP contribution in [0.2, 0.25) is 0 Å². The smallest absolute Gasteiger partial charge is 0.419 e. The number of piperidine rings is 1. The first-order valence-electron chi connectivity index (χ1n) is 12.1. The average Bonchev–Trinajstić information content (AvgIpc) is 3.55. The molecular weight excluding hydrogens is 473 g/mol. The lowest BCUT2D eigenvalue weighted by Crippen LogP contribution is -2.47. The Kier molecular flexibility index (Phi) is 5.57. The molecule has 2 saturated heterocycles. The fourth-order valence-corrected chi connectivity index (χ4v) is 5.39. The quantitative estimate of drug-likeness (QED) is 0.521. The van der Waals surface area contributed by atoms with Gasteiger partial charge >= 0.3 is 6.18 Å². The number of nitrogens with one attached hydrogen (secondary N) is 1. The van der Waals surface area contributed by atoms with Gasteiger partial charge in [-0.1, -0.05) is 12.1 Å². The van der Waals surface area contributed by atoms with Gasteiger partial charge in [0, 0.05) is 36.6 Å². The Hall–Kier alpha value is -3.30. The fraction of sp³-hybridized carbons (Fsp3) is 0.370. The maximum Gasteiger partial charge on any atom is 0.419 e. The molecule has 9 heteroatoms. The second-order valence-electron chi connectivity index (χ2n) is 9.40. The van der Waals surface area contributed by atoms with Crippen LogP contribution in [-0.2, 0) is 16.5 Å². The van der Waals surface area contributed by atoms with Crippen LogP contribution < -0.4 is 14.8 Å². The number of rotatable bonds is 4. The van der Waals surface area contributed by atoms with Crippen LogP contribution in [0.4, 0.5) is 13.2 Å². The van der Waals surface area contributed by atoms with Crippen molar-refractivity contribution in [3.63, 3.8) is 0 Å². The Balaban J connectivity index is 1.43. The number of carbonyl (C=O) groups is 1. The second-order valence-corrected chi connectivity index (χ2v) is 9.40. The van der Waals surface area contributed by atoms with Gasteiger partial charge in [-0.3, -0.25) is 4.79 Å². The number of alkyl halides is 3. The summed E-state index contributed by atoms with van der Waals surface area (Å²) in [4.78, 5) is 13.7. The first-order chi connectivity index (χ1) is 17.4. The molecule has 1 aromatic heterocycles. The lowest BCUT2D eigenvalue weighted by Gasteiger charge is -2.43. The lowest BCUT2D eigenvalue weighted by atomic mass is 9.83. The largest absolute Gasteiger partial charge is 0.487 e. The van der Waals surface area contributed by atoms with Crippen LogP contribution in [0.15, 0.2) is 54.7 Å². The van der Waals surface area contributed by atoms with Gasteiger partial charge in [0.1, 0.15) is 17.6 Å². The highest BCUT2D eigenvalue weighted by molar-refractivity contribution is 6.10. The van der Waals surface area contributed by atoms with E-state index in [1.165, 1.54) is 12.1 Å². The predicted molar refractivity (Wildman–Crippen MR) is 125 cm³/mol. The molecule has 0 amide bonds. The van der Waals surface area contributed by atoms with E-state index in [1.807, 2.05) is 28.8 Å². The molecule has 0 aliphatic carbocycles. The van der Waals surface area contributed by atoms with Crippen molar-refractivity contribution in [1.29, 1.82) is 0 Å². The summed E-state index contributed by atoms with van der Waals surface area (Å²) >= 11 is 0. The molecule has 1 atom stereocenters. The number of hydrogen-bond acceptors (Lipinski definition) is 5. The number of carbonyl (C=O) groups excluding carboxylic acids is 1. The van der Waals surface area contributed by atoms with E-state index in [9.17, 15) is 18.0 Å². The van der Waals surface area contributed by atoms with E-state index in [1.54, 1.807) is 12.3 Å². The van der Waals surface area contributed by atoms with Crippen molar-refractivity contribution in [2.45, 2.75) is 37.1 Å². The molecule has 1 N–H and O–H groups in total. The molecule has 6 rings (SSSR count). The molecular formula is C27H25F3N2O4. The Morgan fingerprint density at radius 1 is 1.11 bits per heavy atom. The molecule has 0 bridgehead atoms. The van der Waals surface area contributed by atoms with Crippen LogP contribution in [0.1, 0.15) is 46.4 Å². The van der Waals surface area contributed by atoms with Crippen molar-refractivity contribution < 1.29 is 32.2 Å². The van der Waals surface area contributed by atoms with Crippen LogP contribution in [0, 0.1) is 0 Å². The van der Waals surface area contributed by atoms with E-state index >= 15 is 0 Å². The molecule has 2 fully saturated rings. The van der Waals surface area contributed by atoms with E-state index in [0.29, 0.717) is 50.2 Å². The number of aromatic nitrogens is 1. The average molecular weight is 499 g/mol. The van der Waals surface area contributed by atoms with Crippen molar-refractivity contribution in [2.75, 3.05) is 26.3 Å². The van der Waals surface area contributed by atoms with Crippen LogP contribution in [0.25, 0.3) is 5.69 Å². The maximum absolute atomic E-state index is 14.0. The number of ketones is 1. The predicted octanol–water partition coefficient (Wildman–Crippen LogP) is 4.87. The van der Waals surface area contributed by atoms with E-state index in [-0.39, 0.29) is 17.9 Å². The summed E-state index contributed by atoms with van der Waals surface area (Å²) in [6.45, 7) is 2.10. The number of hydrogen-bond donors (Lipinski definition) is 1. The highest BCUT2D eigenvalue weighted by Crippen LogP contribution is 2.46. The zero-order chi connectivity index (χ0) is 24.9. The third kappa shape index (κ3) is 3.87.